The molecule has 6 nitrogen and oxygen atoms in total. The molecule has 3 heterocycles. The molecule has 0 spiro atoms. The van der Waals surface area contributed by atoms with Gasteiger partial charge in [0.1, 0.15) is 5.69 Å². The summed E-state index contributed by atoms with van der Waals surface area (Å²) in [5.74, 6) is 0.319. The van der Waals surface area contributed by atoms with Crippen LogP contribution in [0.2, 0.25) is 0 Å². The molecule has 6 heteroatoms. The zero-order valence-electron chi connectivity index (χ0n) is 11.7. The maximum absolute atomic E-state index is 11.6. The lowest BCUT2D eigenvalue weighted by molar-refractivity contribution is 0.0961. The molecule has 0 atom stereocenters. The van der Waals surface area contributed by atoms with Gasteiger partial charge >= 0.3 is 0 Å². The second kappa shape index (κ2) is 5.07. The first-order chi connectivity index (χ1) is 10.8. The van der Waals surface area contributed by atoms with Crippen LogP contribution in [0.1, 0.15) is 21.6 Å². The minimum Gasteiger partial charge on any atom is -0.350 e. The second-order valence-corrected chi connectivity index (χ2v) is 5.13. The van der Waals surface area contributed by atoms with E-state index in [0.29, 0.717) is 24.7 Å². The number of pyridine rings is 1. The largest absolute Gasteiger partial charge is 0.350 e. The molecular weight excluding hydrogens is 278 g/mol. The summed E-state index contributed by atoms with van der Waals surface area (Å²) in [5, 5.41) is 6.98. The van der Waals surface area contributed by atoms with Crippen LogP contribution in [0.15, 0.2) is 42.7 Å². The number of anilines is 1. The van der Waals surface area contributed by atoms with Crippen molar-refractivity contribution >= 4 is 22.8 Å². The van der Waals surface area contributed by atoms with Gasteiger partial charge in [-0.3, -0.25) is 9.78 Å². The lowest BCUT2D eigenvalue weighted by Crippen LogP contribution is -2.14. The van der Waals surface area contributed by atoms with Crippen LogP contribution in [-0.4, -0.2) is 20.9 Å². The number of benzene rings is 1. The van der Waals surface area contributed by atoms with E-state index < -0.39 is 0 Å². The Morgan fingerprint density at radius 3 is 3.14 bits per heavy atom. The number of fused-ring (bicyclic) bond motifs is 2. The van der Waals surface area contributed by atoms with Crippen molar-refractivity contribution in [1.29, 1.82) is 0 Å². The highest BCUT2D eigenvalue weighted by Gasteiger charge is 2.21. The van der Waals surface area contributed by atoms with Gasteiger partial charge in [0.2, 0.25) is 5.95 Å². The maximum atomic E-state index is 11.6. The summed E-state index contributed by atoms with van der Waals surface area (Å²) in [5.41, 5.74) is 3.37. The molecule has 1 aliphatic heterocycles. The Balaban J connectivity index is 1.54. The fraction of sp³-hybridized carbons (Fsp3) is 0.125. The third kappa shape index (κ3) is 2.24. The van der Waals surface area contributed by atoms with Gasteiger partial charge in [-0.15, -0.1) is 0 Å². The summed E-state index contributed by atoms with van der Waals surface area (Å²) in [7, 11) is 0. The fourth-order valence-corrected chi connectivity index (χ4v) is 2.49. The highest BCUT2D eigenvalue weighted by atomic mass is 16.2. The highest BCUT2D eigenvalue weighted by Crippen LogP contribution is 2.16. The zero-order chi connectivity index (χ0) is 14.9. The van der Waals surface area contributed by atoms with Crippen LogP contribution in [0.25, 0.3) is 10.9 Å². The molecule has 1 aromatic carbocycles. The third-order valence-electron chi connectivity index (χ3n) is 3.64. The Hall–Kier alpha value is -3.02. The lowest BCUT2D eigenvalue weighted by atomic mass is 10.1. The Kier molecular flexibility index (Phi) is 2.93. The van der Waals surface area contributed by atoms with Crippen LogP contribution < -0.4 is 10.6 Å². The first-order valence-corrected chi connectivity index (χ1v) is 7.01. The molecule has 1 aliphatic rings. The Labute approximate surface area is 126 Å². The average Bonchev–Trinajstić information content (AvgIpc) is 2.93. The Morgan fingerprint density at radius 1 is 1.23 bits per heavy atom. The molecule has 0 saturated heterocycles. The first kappa shape index (κ1) is 12.7. The maximum Gasteiger partial charge on any atom is 0.270 e. The van der Waals surface area contributed by atoms with E-state index in [0.717, 1.165) is 22.0 Å². The summed E-state index contributed by atoms with van der Waals surface area (Å²) in [4.78, 5) is 24.4. The summed E-state index contributed by atoms with van der Waals surface area (Å²) < 4.78 is 0. The van der Waals surface area contributed by atoms with Crippen molar-refractivity contribution in [3.8, 4) is 0 Å². The minimum absolute atomic E-state index is 0.141. The third-order valence-corrected chi connectivity index (χ3v) is 3.64. The van der Waals surface area contributed by atoms with Crippen LogP contribution in [0.4, 0.5) is 5.95 Å². The quantitative estimate of drug-likeness (QED) is 0.770. The average molecular weight is 291 g/mol. The fourth-order valence-electron chi connectivity index (χ4n) is 2.49. The van der Waals surface area contributed by atoms with Crippen LogP contribution in [0, 0.1) is 0 Å². The van der Waals surface area contributed by atoms with E-state index in [9.17, 15) is 4.79 Å². The van der Waals surface area contributed by atoms with Crippen LogP contribution in [0.5, 0.6) is 0 Å². The molecule has 0 fully saturated rings. The van der Waals surface area contributed by atoms with Gasteiger partial charge in [-0.2, -0.15) is 0 Å². The molecule has 2 N–H and O–H groups in total. The van der Waals surface area contributed by atoms with Gasteiger partial charge in [0.05, 0.1) is 5.52 Å². The van der Waals surface area contributed by atoms with Crippen molar-refractivity contribution in [2.45, 2.75) is 13.1 Å². The van der Waals surface area contributed by atoms with E-state index in [1.807, 2.05) is 24.3 Å². The van der Waals surface area contributed by atoms with Gasteiger partial charge in [-0.25, -0.2) is 9.97 Å². The first-order valence-electron chi connectivity index (χ1n) is 7.01. The van der Waals surface area contributed by atoms with E-state index in [1.54, 1.807) is 12.4 Å². The molecule has 0 radical (unpaired) electrons. The smallest absolute Gasteiger partial charge is 0.270 e. The topological polar surface area (TPSA) is 79.8 Å². The lowest BCUT2D eigenvalue weighted by Gasteiger charge is -2.06. The normalized spacial score (nSPS) is 13.0. The molecule has 4 rings (SSSR count). The standard InChI is InChI=1S/C16H13N5O/c22-15-14-12(8-18-15)9-20-16(21-14)19-7-10-3-4-13-11(6-10)2-1-5-17-13/h1-6,9H,7-8H2,(H,18,22)(H,19,20,21). The molecular formula is C16H13N5O. The number of carbonyl (C=O) groups excluding carboxylic acids is 1. The SMILES string of the molecule is O=C1NCc2cnc(NCc3ccc4ncccc4c3)nc21. The molecule has 0 bridgehead atoms. The summed E-state index contributed by atoms with van der Waals surface area (Å²) in [6, 6.07) is 10.0. The number of aromatic nitrogens is 3. The van der Waals surface area contributed by atoms with E-state index >= 15 is 0 Å². The second-order valence-electron chi connectivity index (χ2n) is 5.13. The van der Waals surface area contributed by atoms with E-state index in [1.165, 1.54) is 0 Å². The zero-order valence-corrected chi connectivity index (χ0v) is 11.7. The molecule has 3 aromatic rings. The monoisotopic (exact) mass is 291 g/mol. The summed E-state index contributed by atoms with van der Waals surface area (Å²) in [6.45, 7) is 1.09. The van der Waals surface area contributed by atoms with Gasteiger partial charge in [-0.1, -0.05) is 12.1 Å². The van der Waals surface area contributed by atoms with Crippen molar-refractivity contribution in [2.75, 3.05) is 5.32 Å². The number of nitrogens with zero attached hydrogens (tertiary/aromatic N) is 3. The number of amides is 1. The highest BCUT2D eigenvalue weighted by molar-refractivity contribution is 5.96. The molecule has 22 heavy (non-hydrogen) atoms. The van der Waals surface area contributed by atoms with Crippen molar-refractivity contribution < 1.29 is 4.79 Å². The molecule has 0 aliphatic carbocycles. The molecule has 0 unspecified atom stereocenters. The van der Waals surface area contributed by atoms with Crippen LogP contribution >= 0.6 is 0 Å². The van der Waals surface area contributed by atoms with Gasteiger partial charge in [0.15, 0.2) is 0 Å². The van der Waals surface area contributed by atoms with Gasteiger partial charge in [0, 0.05) is 36.4 Å². The van der Waals surface area contributed by atoms with Gasteiger partial charge in [-0.05, 0) is 23.8 Å². The summed E-state index contributed by atoms with van der Waals surface area (Å²) >= 11 is 0. The van der Waals surface area contributed by atoms with Crippen molar-refractivity contribution in [3.63, 3.8) is 0 Å². The number of rotatable bonds is 3. The number of hydrogen-bond donors (Lipinski definition) is 2. The Bertz CT molecular complexity index is 877. The molecule has 2 aromatic heterocycles. The molecule has 108 valence electrons. The van der Waals surface area contributed by atoms with Gasteiger partial charge < -0.3 is 10.6 Å². The molecule has 1 amide bonds. The number of hydrogen-bond acceptors (Lipinski definition) is 5. The number of nitrogens with one attached hydrogen (secondary N) is 2. The van der Waals surface area contributed by atoms with Crippen LogP contribution in [-0.2, 0) is 13.1 Å². The molecule has 0 saturated carbocycles. The van der Waals surface area contributed by atoms with Crippen molar-refractivity contribution in [2.24, 2.45) is 0 Å². The summed E-state index contributed by atoms with van der Waals surface area (Å²) in [6.07, 6.45) is 3.47. The van der Waals surface area contributed by atoms with Crippen molar-refractivity contribution in [1.82, 2.24) is 20.3 Å². The van der Waals surface area contributed by atoms with E-state index in [-0.39, 0.29) is 5.91 Å². The van der Waals surface area contributed by atoms with E-state index in [4.69, 9.17) is 0 Å². The van der Waals surface area contributed by atoms with Crippen LogP contribution in [0.3, 0.4) is 0 Å². The van der Waals surface area contributed by atoms with Crippen molar-refractivity contribution in [3.05, 3.63) is 59.5 Å². The van der Waals surface area contributed by atoms with Gasteiger partial charge in [0.25, 0.3) is 5.91 Å². The Morgan fingerprint density at radius 2 is 2.18 bits per heavy atom. The number of carbonyl (C=O) groups is 1. The minimum atomic E-state index is -0.141. The predicted molar refractivity (Wildman–Crippen MR) is 82.3 cm³/mol. The van der Waals surface area contributed by atoms with E-state index in [2.05, 4.69) is 31.7 Å². The predicted octanol–water partition coefficient (Wildman–Crippen LogP) is 1.88.